The summed E-state index contributed by atoms with van der Waals surface area (Å²) in [5.74, 6) is 0. The lowest BCUT2D eigenvalue weighted by atomic mass is 10.1. The van der Waals surface area contributed by atoms with Crippen LogP contribution in [-0.4, -0.2) is 31.3 Å². The Balaban J connectivity index is 1.74. The monoisotopic (exact) mass is 312 g/mol. The summed E-state index contributed by atoms with van der Waals surface area (Å²) in [7, 11) is -3.48. The molecule has 3 rings (SSSR count). The number of hydrogen-bond donors (Lipinski definition) is 2. The minimum Gasteiger partial charge on any atom is -0.317 e. The van der Waals surface area contributed by atoms with Crippen molar-refractivity contribution in [2.24, 2.45) is 0 Å². The number of sulfonamides is 1. The molecule has 1 fully saturated rings. The van der Waals surface area contributed by atoms with Crippen LogP contribution in [0.5, 0.6) is 0 Å². The second kappa shape index (κ2) is 5.55. The number of hydrogen-bond acceptors (Lipinski definition) is 5. The zero-order valence-corrected chi connectivity index (χ0v) is 12.5. The Morgan fingerprint density at radius 2 is 2.20 bits per heavy atom. The Hall–Kier alpha value is -1.38. The van der Waals surface area contributed by atoms with Gasteiger partial charge in [-0.3, -0.25) is 9.40 Å². The maximum absolute atomic E-state index is 12.1. The van der Waals surface area contributed by atoms with Crippen molar-refractivity contribution >= 4 is 27.0 Å². The molecule has 3 heterocycles. The molecule has 0 aliphatic carbocycles. The third-order valence-corrected chi connectivity index (χ3v) is 6.08. The van der Waals surface area contributed by atoms with Gasteiger partial charge < -0.3 is 5.32 Å². The smallest absolute Gasteiger partial charge is 0.271 e. The predicted octanol–water partition coefficient (Wildman–Crippen LogP) is 1.67. The first kappa shape index (κ1) is 13.6. The molecule has 0 radical (unpaired) electrons. The summed E-state index contributed by atoms with van der Waals surface area (Å²) in [6.07, 6.45) is 5.35. The number of anilines is 1. The molecule has 2 aromatic rings. The molecular formula is C12H16N4O2S2. The van der Waals surface area contributed by atoms with E-state index in [1.807, 2.05) is 4.68 Å². The Labute approximate surface area is 121 Å². The number of piperidine rings is 1. The summed E-state index contributed by atoms with van der Waals surface area (Å²) in [6.45, 7) is 1.95. The van der Waals surface area contributed by atoms with Gasteiger partial charge in [0, 0.05) is 6.20 Å². The molecule has 8 heteroatoms. The van der Waals surface area contributed by atoms with Gasteiger partial charge in [-0.2, -0.15) is 5.10 Å². The molecule has 0 amide bonds. The number of aromatic nitrogens is 2. The average molecular weight is 312 g/mol. The molecule has 20 heavy (non-hydrogen) atoms. The van der Waals surface area contributed by atoms with E-state index in [1.54, 1.807) is 29.9 Å². The second-order valence-electron chi connectivity index (χ2n) is 4.73. The molecule has 2 N–H and O–H groups in total. The molecule has 2 aromatic heterocycles. The minimum atomic E-state index is -3.48. The van der Waals surface area contributed by atoms with E-state index in [0.717, 1.165) is 25.9 Å². The third kappa shape index (κ3) is 2.87. The molecule has 0 aromatic carbocycles. The molecule has 0 atom stereocenters. The van der Waals surface area contributed by atoms with E-state index < -0.39 is 10.0 Å². The topological polar surface area (TPSA) is 76.0 Å². The Morgan fingerprint density at radius 1 is 1.40 bits per heavy atom. The van der Waals surface area contributed by atoms with E-state index in [4.69, 9.17) is 0 Å². The highest BCUT2D eigenvalue weighted by Crippen LogP contribution is 2.22. The summed E-state index contributed by atoms with van der Waals surface area (Å²) < 4.78 is 28.9. The fourth-order valence-electron chi connectivity index (χ4n) is 2.28. The molecule has 0 unspecified atom stereocenters. The third-order valence-electron chi connectivity index (χ3n) is 3.30. The molecule has 0 saturated carbocycles. The molecular weight excluding hydrogens is 296 g/mol. The zero-order chi connectivity index (χ0) is 14.0. The van der Waals surface area contributed by atoms with Crippen molar-refractivity contribution < 1.29 is 8.42 Å². The molecule has 108 valence electrons. The van der Waals surface area contributed by atoms with Crippen LogP contribution < -0.4 is 10.0 Å². The zero-order valence-electron chi connectivity index (χ0n) is 10.8. The van der Waals surface area contributed by atoms with Gasteiger partial charge in [0.2, 0.25) is 0 Å². The van der Waals surface area contributed by atoms with Crippen LogP contribution >= 0.6 is 11.3 Å². The van der Waals surface area contributed by atoms with Crippen LogP contribution in [0.2, 0.25) is 0 Å². The van der Waals surface area contributed by atoms with Crippen LogP contribution in [0.15, 0.2) is 34.1 Å². The molecule has 1 aliphatic rings. The molecule has 6 nitrogen and oxygen atoms in total. The molecule has 0 spiro atoms. The average Bonchev–Trinajstić information content (AvgIpc) is 3.10. The summed E-state index contributed by atoms with van der Waals surface area (Å²) in [4.78, 5) is 0. The van der Waals surface area contributed by atoms with Crippen LogP contribution in [0.4, 0.5) is 5.69 Å². The highest BCUT2D eigenvalue weighted by atomic mass is 32.2. The highest BCUT2D eigenvalue weighted by molar-refractivity contribution is 7.94. The first-order valence-electron chi connectivity index (χ1n) is 6.46. The Bertz CT molecular complexity index is 657. The summed E-state index contributed by atoms with van der Waals surface area (Å²) in [5, 5.41) is 9.31. The lowest BCUT2D eigenvalue weighted by molar-refractivity contribution is 0.343. The van der Waals surface area contributed by atoms with Crippen molar-refractivity contribution in [1.29, 1.82) is 0 Å². The maximum Gasteiger partial charge on any atom is 0.271 e. The largest absolute Gasteiger partial charge is 0.317 e. The van der Waals surface area contributed by atoms with Gasteiger partial charge in [-0.15, -0.1) is 11.3 Å². The van der Waals surface area contributed by atoms with Crippen LogP contribution in [-0.2, 0) is 10.0 Å². The van der Waals surface area contributed by atoms with Crippen molar-refractivity contribution in [3.8, 4) is 0 Å². The Kier molecular flexibility index (Phi) is 3.77. The lowest BCUT2D eigenvalue weighted by Crippen LogP contribution is -2.29. The van der Waals surface area contributed by atoms with Crippen LogP contribution in [0, 0.1) is 0 Å². The van der Waals surface area contributed by atoms with Crippen molar-refractivity contribution in [1.82, 2.24) is 15.1 Å². The van der Waals surface area contributed by atoms with Gasteiger partial charge >= 0.3 is 0 Å². The first-order chi connectivity index (χ1) is 9.65. The molecule has 1 aliphatic heterocycles. The van der Waals surface area contributed by atoms with Gasteiger partial charge in [0.15, 0.2) is 0 Å². The van der Waals surface area contributed by atoms with Gasteiger partial charge in [0.1, 0.15) is 4.21 Å². The molecule has 1 saturated heterocycles. The van der Waals surface area contributed by atoms with E-state index in [2.05, 4.69) is 15.1 Å². The number of thiophene rings is 1. The molecule has 0 bridgehead atoms. The lowest BCUT2D eigenvalue weighted by Gasteiger charge is -2.22. The van der Waals surface area contributed by atoms with Crippen LogP contribution in [0.3, 0.4) is 0 Å². The standard InChI is InChI=1S/C12H16N4O2S2/c17-20(18,12-2-1-7-19-12)15-10-8-14-16(9-10)11-3-5-13-6-4-11/h1-2,7-9,11,13,15H,3-6H2. The number of nitrogens with zero attached hydrogens (tertiary/aromatic N) is 2. The SMILES string of the molecule is O=S(=O)(Nc1cnn(C2CCNCC2)c1)c1cccs1. The van der Waals surface area contributed by atoms with E-state index in [0.29, 0.717) is 15.9 Å². The normalized spacial score (nSPS) is 17.2. The van der Waals surface area contributed by atoms with E-state index in [1.165, 1.54) is 11.3 Å². The first-order valence-corrected chi connectivity index (χ1v) is 8.83. The summed E-state index contributed by atoms with van der Waals surface area (Å²) >= 11 is 1.20. The van der Waals surface area contributed by atoms with Crippen LogP contribution in [0.1, 0.15) is 18.9 Å². The predicted molar refractivity (Wildman–Crippen MR) is 78.5 cm³/mol. The van der Waals surface area contributed by atoms with Crippen LogP contribution in [0.25, 0.3) is 0 Å². The van der Waals surface area contributed by atoms with E-state index in [9.17, 15) is 8.42 Å². The van der Waals surface area contributed by atoms with E-state index >= 15 is 0 Å². The summed E-state index contributed by atoms with van der Waals surface area (Å²) in [5.41, 5.74) is 0.511. The van der Waals surface area contributed by atoms with Gasteiger partial charge in [-0.05, 0) is 37.4 Å². The minimum absolute atomic E-state index is 0.312. The van der Waals surface area contributed by atoms with Crippen molar-refractivity contribution in [3.63, 3.8) is 0 Å². The van der Waals surface area contributed by atoms with Gasteiger partial charge in [-0.25, -0.2) is 8.42 Å². The number of nitrogens with one attached hydrogen (secondary N) is 2. The Morgan fingerprint density at radius 3 is 2.90 bits per heavy atom. The van der Waals surface area contributed by atoms with Gasteiger partial charge in [0.05, 0.1) is 17.9 Å². The fourth-order valence-corrected chi connectivity index (χ4v) is 4.30. The fraction of sp³-hybridized carbons (Fsp3) is 0.417. The van der Waals surface area contributed by atoms with Crippen molar-refractivity contribution in [2.45, 2.75) is 23.1 Å². The quantitative estimate of drug-likeness (QED) is 0.900. The van der Waals surface area contributed by atoms with Gasteiger partial charge in [0.25, 0.3) is 10.0 Å². The van der Waals surface area contributed by atoms with Gasteiger partial charge in [-0.1, -0.05) is 6.07 Å². The summed E-state index contributed by atoms with van der Waals surface area (Å²) in [6, 6.07) is 3.65. The maximum atomic E-state index is 12.1. The van der Waals surface area contributed by atoms with Crippen molar-refractivity contribution in [2.75, 3.05) is 17.8 Å². The second-order valence-corrected chi connectivity index (χ2v) is 7.58. The van der Waals surface area contributed by atoms with E-state index in [-0.39, 0.29) is 0 Å². The highest BCUT2D eigenvalue weighted by Gasteiger charge is 2.19. The number of rotatable bonds is 4. The van der Waals surface area contributed by atoms with Crippen molar-refractivity contribution in [3.05, 3.63) is 29.9 Å².